The van der Waals surface area contributed by atoms with Crippen LogP contribution in [0.15, 0.2) is 24.3 Å². The number of nitrogens with zero attached hydrogens (tertiary/aromatic N) is 1. The van der Waals surface area contributed by atoms with Crippen molar-refractivity contribution in [2.75, 3.05) is 19.8 Å². The second-order valence-electron chi connectivity index (χ2n) is 10.1. The number of halogens is 1. The van der Waals surface area contributed by atoms with Gasteiger partial charge in [-0.2, -0.15) is 0 Å². The maximum Gasteiger partial charge on any atom is 0.269 e. The van der Waals surface area contributed by atoms with Crippen molar-refractivity contribution in [1.82, 2.24) is 0 Å². The molecule has 0 radical (unpaired) electrons. The number of non-ortho nitro benzene ring substituents is 1. The largest absolute Gasteiger partial charge is 0.462 e. The molecule has 0 aliphatic carbocycles. The molecule has 3 fully saturated rings. The van der Waals surface area contributed by atoms with Gasteiger partial charge in [0.25, 0.3) is 5.69 Å². The Morgan fingerprint density at radius 3 is 1.65 bits per heavy atom. The molecule has 18 nitrogen and oxygen atoms in total. The van der Waals surface area contributed by atoms with E-state index in [0.29, 0.717) is 0 Å². The number of alkyl halides is 1. The molecule has 3 heterocycles. The number of nitro groups is 1. The van der Waals surface area contributed by atoms with E-state index in [4.69, 9.17) is 28.4 Å². The lowest BCUT2D eigenvalue weighted by atomic mass is 9.96. The van der Waals surface area contributed by atoms with Gasteiger partial charge in [0.05, 0.1) is 24.7 Å². The van der Waals surface area contributed by atoms with Crippen LogP contribution in [0.1, 0.15) is 0 Å². The molecule has 0 saturated carbocycles. The number of nitro benzene ring substituents is 1. The van der Waals surface area contributed by atoms with Crippen LogP contribution in [0.25, 0.3) is 0 Å². The fourth-order valence-corrected chi connectivity index (χ4v) is 4.90. The minimum Gasteiger partial charge on any atom is -0.462 e. The second kappa shape index (κ2) is 14.3. The van der Waals surface area contributed by atoms with Crippen LogP contribution in [0.4, 0.5) is 10.1 Å². The third kappa shape index (κ3) is 7.05. The van der Waals surface area contributed by atoms with E-state index in [1.165, 1.54) is 12.1 Å². The molecule has 3 saturated heterocycles. The van der Waals surface area contributed by atoms with Gasteiger partial charge in [0, 0.05) is 12.1 Å². The van der Waals surface area contributed by atoms with Crippen LogP contribution in [0.5, 0.6) is 5.75 Å². The SMILES string of the molecule is O=[N+]([O-])c1ccc(O[C@@H]2O[C@H](CO)[C@@H](O[C@@H]3O[C@H](CO)[C@@H](O[C@@H]4O[C@H](CO)[C@@H](O)[C@H](O)[C@@H]4O)[C@H](O)[C@@H]3O)[C@H](O)[C@@H]2F)cc1. The normalized spacial score (nSPS) is 43.7. The first kappa shape index (κ1) is 33.7. The monoisotopic (exact) mass is 627 g/mol. The summed E-state index contributed by atoms with van der Waals surface area (Å²) in [7, 11) is 0. The number of hydrogen-bond acceptors (Lipinski definition) is 17. The fourth-order valence-electron chi connectivity index (χ4n) is 4.90. The molecule has 1 aromatic rings. The maximum atomic E-state index is 15.2. The summed E-state index contributed by atoms with van der Waals surface area (Å²) >= 11 is 0. The Hall–Kier alpha value is -2.21. The highest BCUT2D eigenvalue weighted by Crippen LogP contribution is 2.33. The highest BCUT2D eigenvalue weighted by molar-refractivity contribution is 5.36. The van der Waals surface area contributed by atoms with Crippen LogP contribution in [0.2, 0.25) is 0 Å². The average Bonchev–Trinajstić information content (AvgIpc) is 3.00. The Balaban J connectivity index is 1.42. The molecule has 3 aliphatic heterocycles. The van der Waals surface area contributed by atoms with Gasteiger partial charge in [0.2, 0.25) is 6.29 Å². The highest BCUT2D eigenvalue weighted by atomic mass is 19.1. The number of hydrogen-bond donors (Lipinski definition) is 9. The first-order valence-electron chi connectivity index (χ1n) is 13.1. The number of benzene rings is 1. The number of aliphatic hydroxyl groups is 9. The molecule has 0 aromatic heterocycles. The summed E-state index contributed by atoms with van der Waals surface area (Å²) in [5, 5.41) is 102. The molecule has 0 spiro atoms. The Labute approximate surface area is 242 Å². The summed E-state index contributed by atoms with van der Waals surface area (Å²) in [6, 6.07) is 4.53. The van der Waals surface area contributed by atoms with E-state index in [1.54, 1.807) is 0 Å². The zero-order valence-corrected chi connectivity index (χ0v) is 22.2. The zero-order chi connectivity index (χ0) is 31.6. The van der Waals surface area contributed by atoms with E-state index in [2.05, 4.69) is 0 Å². The van der Waals surface area contributed by atoms with Crippen molar-refractivity contribution in [3.8, 4) is 5.75 Å². The zero-order valence-electron chi connectivity index (χ0n) is 22.2. The van der Waals surface area contributed by atoms with Crippen molar-refractivity contribution >= 4 is 5.69 Å². The van der Waals surface area contributed by atoms with Gasteiger partial charge in [0.15, 0.2) is 18.8 Å². The Kier molecular flexibility index (Phi) is 11.2. The van der Waals surface area contributed by atoms with Crippen LogP contribution in [-0.4, -0.2) is 163 Å². The molecule has 0 unspecified atom stereocenters. The molecule has 15 atom stereocenters. The predicted octanol–water partition coefficient (Wildman–Crippen LogP) is -4.60. The van der Waals surface area contributed by atoms with E-state index in [-0.39, 0.29) is 11.4 Å². The summed E-state index contributed by atoms with van der Waals surface area (Å²) in [4.78, 5) is 10.2. The molecule has 3 aliphatic rings. The quantitative estimate of drug-likeness (QED) is 0.0871. The fraction of sp³-hybridized carbons (Fsp3) is 0.750. The third-order valence-electron chi connectivity index (χ3n) is 7.33. The summed E-state index contributed by atoms with van der Waals surface area (Å²) in [6.07, 6.45) is -26.8. The van der Waals surface area contributed by atoms with Gasteiger partial charge in [-0.3, -0.25) is 10.1 Å². The lowest BCUT2D eigenvalue weighted by Crippen LogP contribution is -2.66. The lowest BCUT2D eigenvalue weighted by Gasteiger charge is -2.47. The first-order chi connectivity index (χ1) is 20.4. The Bertz CT molecular complexity index is 1050. The van der Waals surface area contributed by atoms with Crippen LogP contribution < -0.4 is 4.74 Å². The van der Waals surface area contributed by atoms with E-state index >= 15 is 4.39 Å². The molecule has 9 N–H and O–H groups in total. The summed E-state index contributed by atoms with van der Waals surface area (Å²) in [5.41, 5.74) is -0.259. The van der Waals surface area contributed by atoms with Crippen molar-refractivity contribution in [1.29, 1.82) is 0 Å². The van der Waals surface area contributed by atoms with Crippen molar-refractivity contribution in [2.24, 2.45) is 0 Å². The summed E-state index contributed by atoms with van der Waals surface area (Å²) < 4.78 is 47.6. The molecule has 1 aromatic carbocycles. The van der Waals surface area contributed by atoms with Gasteiger partial charge in [-0.05, 0) is 12.1 Å². The lowest BCUT2D eigenvalue weighted by molar-refractivity contribution is -0.384. The minimum absolute atomic E-state index is 0.0492. The summed E-state index contributed by atoms with van der Waals surface area (Å²) in [6.45, 7) is -2.51. The predicted molar refractivity (Wildman–Crippen MR) is 132 cm³/mol. The van der Waals surface area contributed by atoms with E-state index in [9.17, 15) is 56.1 Å². The van der Waals surface area contributed by atoms with Crippen LogP contribution in [0.3, 0.4) is 0 Å². The van der Waals surface area contributed by atoms with E-state index in [0.717, 1.165) is 12.1 Å². The molecule has 244 valence electrons. The average molecular weight is 628 g/mol. The van der Waals surface area contributed by atoms with Crippen LogP contribution in [0, 0.1) is 10.1 Å². The van der Waals surface area contributed by atoms with Crippen LogP contribution >= 0.6 is 0 Å². The van der Waals surface area contributed by atoms with Gasteiger partial charge < -0.3 is 74.4 Å². The molecule has 0 amide bonds. The van der Waals surface area contributed by atoms with E-state index in [1.807, 2.05) is 0 Å². The van der Waals surface area contributed by atoms with Gasteiger partial charge in [0.1, 0.15) is 72.9 Å². The molecule has 4 rings (SSSR count). The van der Waals surface area contributed by atoms with Crippen molar-refractivity contribution in [3.05, 3.63) is 34.4 Å². The minimum atomic E-state index is -2.32. The Morgan fingerprint density at radius 2 is 1.14 bits per heavy atom. The smallest absolute Gasteiger partial charge is 0.269 e. The standard InChI is InChI=1S/C24H34FNO17/c25-13-15(31)20(11(6-28)40-22(13)38-9-3-1-8(2-4-9)26(36)37)42-24-19(35)17(33)21(12(7-29)41-24)43-23-18(34)16(32)14(30)10(5-27)39-23/h1-4,10-24,27-35H,5-7H2/t10-,11-,12-,13+,14-,15-,16+,17-,18+,19+,20-,21-,22-,23+,24+/m1/s1. The number of ether oxygens (including phenoxy) is 6. The van der Waals surface area contributed by atoms with Gasteiger partial charge in [-0.25, -0.2) is 4.39 Å². The maximum absolute atomic E-state index is 15.2. The van der Waals surface area contributed by atoms with Crippen molar-refractivity contribution in [2.45, 2.75) is 92.2 Å². The van der Waals surface area contributed by atoms with Crippen molar-refractivity contribution < 1.29 is 83.7 Å². The molecule has 19 heteroatoms. The number of aliphatic hydroxyl groups excluding tert-OH is 9. The van der Waals surface area contributed by atoms with Gasteiger partial charge >= 0.3 is 0 Å². The van der Waals surface area contributed by atoms with Gasteiger partial charge in [-0.15, -0.1) is 0 Å². The Morgan fingerprint density at radius 1 is 0.674 bits per heavy atom. The second-order valence-corrected chi connectivity index (χ2v) is 10.1. The molecular weight excluding hydrogens is 593 g/mol. The van der Waals surface area contributed by atoms with Gasteiger partial charge in [-0.1, -0.05) is 0 Å². The molecular formula is C24H34FNO17. The summed E-state index contributed by atoms with van der Waals surface area (Å²) in [5.74, 6) is -0.0492. The molecule has 0 bridgehead atoms. The number of rotatable bonds is 10. The highest BCUT2D eigenvalue weighted by Gasteiger charge is 2.54. The van der Waals surface area contributed by atoms with Crippen LogP contribution in [-0.2, 0) is 23.7 Å². The molecule has 43 heavy (non-hydrogen) atoms. The topological polar surface area (TPSA) is 281 Å². The first-order valence-corrected chi connectivity index (χ1v) is 13.1. The van der Waals surface area contributed by atoms with Crippen molar-refractivity contribution in [3.63, 3.8) is 0 Å². The van der Waals surface area contributed by atoms with E-state index < -0.39 is 117 Å². The third-order valence-corrected chi connectivity index (χ3v) is 7.33.